The van der Waals surface area contributed by atoms with E-state index in [1.54, 1.807) is 0 Å². The topological polar surface area (TPSA) is 69.6 Å². The van der Waals surface area contributed by atoms with E-state index in [1.165, 1.54) is 19.3 Å². The van der Waals surface area contributed by atoms with Crippen LogP contribution in [0.2, 0.25) is 0 Å². The molecular weight excluding hydrogens is 214 g/mol. The first kappa shape index (κ1) is 10.3. The Kier molecular flexibility index (Phi) is 2.31. The minimum absolute atomic E-state index is 0.459. The van der Waals surface area contributed by atoms with Gasteiger partial charge in [-0.15, -0.1) is 5.10 Å². The number of rotatable bonds is 2. The molecule has 1 aliphatic carbocycles. The first-order valence-corrected chi connectivity index (χ1v) is 5.90. The zero-order chi connectivity index (χ0) is 11.8. The Morgan fingerprint density at radius 1 is 1.35 bits per heavy atom. The third-order valence-electron chi connectivity index (χ3n) is 3.53. The van der Waals surface area contributed by atoms with Gasteiger partial charge >= 0.3 is 0 Å². The fourth-order valence-electron chi connectivity index (χ4n) is 2.14. The van der Waals surface area contributed by atoms with E-state index >= 15 is 0 Å². The Morgan fingerprint density at radius 3 is 2.88 bits per heavy atom. The van der Waals surface area contributed by atoms with E-state index in [4.69, 9.17) is 5.73 Å². The van der Waals surface area contributed by atoms with Gasteiger partial charge in [-0.2, -0.15) is 0 Å². The minimum atomic E-state index is 0.459. The summed E-state index contributed by atoms with van der Waals surface area (Å²) in [7, 11) is 0. The summed E-state index contributed by atoms with van der Waals surface area (Å²) < 4.78 is 1.94. The standard InChI is InChI=1S/C12H15N5/c1-8-10(6-3-7-11(8)13)12-14-15-16-17(12)9-4-2-5-9/h3,6-7,9H,2,4-5,13H2,1H3. The van der Waals surface area contributed by atoms with Crippen LogP contribution in [0.15, 0.2) is 18.2 Å². The first-order chi connectivity index (χ1) is 8.27. The van der Waals surface area contributed by atoms with Gasteiger partial charge in [-0.25, -0.2) is 4.68 Å². The Bertz CT molecular complexity index is 542. The zero-order valence-corrected chi connectivity index (χ0v) is 9.80. The molecule has 1 saturated carbocycles. The number of hydrogen-bond donors (Lipinski definition) is 1. The van der Waals surface area contributed by atoms with Gasteiger partial charge in [-0.1, -0.05) is 12.1 Å². The zero-order valence-electron chi connectivity index (χ0n) is 9.80. The van der Waals surface area contributed by atoms with Gasteiger partial charge in [-0.3, -0.25) is 0 Å². The second kappa shape index (κ2) is 3.84. The SMILES string of the molecule is Cc1c(N)cccc1-c1nnnn1C1CCC1. The first-order valence-electron chi connectivity index (χ1n) is 5.90. The Balaban J connectivity index is 2.09. The summed E-state index contributed by atoms with van der Waals surface area (Å²) >= 11 is 0. The van der Waals surface area contributed by atoms with Crippen molar-refractivity contribution in [2.75, 3.05) is 5.73 Å². The van der Waals surface area contributed by atoms with Crippen molar-refractivity contribution in [3.05, 3.63) is 23.8 Å². The highest BCUT2D eigenvalue weighted by molar-refractivity contribution is 5.67. The van der Waals surface area contributed by atoms with Crippen molar-refractivity contribution in [3.63, 3.8) is 0 Å². The second-order valence-electron chi connectivity index (χ2n) is 4.55. The van der Waals surface area contributed by atoms with E-state index in [2.05, 4.69) is 15.5 Å². The maximum absolute atomic E-state index is 5.92. The van der Waals surface area contributed by atoms with Crippen molar-refractivity contribution in [1.82, 2.24) is 20.2 Å². The molecule has 0 saturated heterocycles. The highest BCUT2D eigenvalue weighted by atomic mass is 15.6. The molecule has 17 heavy (non-hydrogen) atoms. The normalized spacial score (nSPS) is 15.8. The predicted molar refractivity (Wildman–Crippen MR) is 65.3 cm³/mol. The molecule has 1 fully saturated rings. The number of tetrazole rings is 1. The monoisotopic (exact) mass is 229 g/mol. The lowest BCUT2D eigenvalue weighted by Crippen LogP contribution is -2.19. The average molecular weight is 229 g/mol. The van der Waals surface area contributed by atoms with Crippen molar-refractivity contribution < 1.29 is 0 Å². The van der Waals surface area contributed by atoms with Gasteiger partial charge in [0.15, 0.2) is 5.82 Å². The van der Waals surface area contributed by atoms with Gasteiger partial charge in [0.2, 0.25) is 0 Å². The Hall–Kier alpha value is -1.91. The minimum Gasteiger partial charge on any atom is -0.398 e. The van der Waals surface area contributed by atoms with E-state index in [1.807, 2.05) is 29.8 Å². The van der Waals surface area contributed by atoms with Crippen LogP contribution in [0.4, 0.5) is 5.69 Å². The summed E-state index contributed by atoms with van der Waals surface area (Å²) in [5.41, 5.74) is 8.78. The molecule has 2 aromatic rings. The van der Waals surface area contributed by atoms with Crippen LogP contribution in [-0.4, -0.2) is 20.2 Å². The van der Waals surface area contributed by atoms with Crippen LogP contribution in [0, 0.1) is 6.92 Å². The van der Waals surface area contributed by atoms with E-state index in [-0.39, 0.29) is 0 Å². The van der Waals surface area contributed by atoms with Gasteiger partial charge in [0.25, 0.3) is 0 Å². The Labute approximate surface area is 99.6 Å². The molecule has 0 aliphatic heterocycles. The summed E-state index contributed by atoms with van der Waals surface area (Å²) in [6, 6.07) is 6.32. The number of anilines is 1. The van der Waals surface area contributed by atoms with Crippen LogP contribution >= 0.6 is 0 Å². The molecule has 0 radical (unpaired) electrons. The molecule has 3 rings (SSSR count). The third-order valence-corrected chi connectivity index (χ3v) is 3.53. The van der Waals surface area contributed by atoms with Gasteiger partial charge in [-0.05, 0) is 48.2 Å². The predicted octanol–water partition coefficient (Wildman–Crippen LogP) is 1.96. The molecule has 5 nitrogen and oxygen atoms in total. The molecule has 2 N–H and O–H groups in total. The smallest absolute Gasteiger partial charge is 0.182 e. The highest BCUT2D eigenvalue weighted by Crippen LogP contribution is 2.34. The largest absolute Gasteiger partial charge is 0.398 e. The van der Waals surface area contributed by atoms with Crippen LogP contribution in [0.5, 0.6) is 0 Å². The molecule has 0 amide bonds. The lowest BCUT2D eigenvalue weighted by atomic mass is 9.93. The molecule has 5 heteroatoms. The third kappa shape index (κ3) is 1.58. The molecule has 1 aliphatic rings. The average Bonchev–Trinajstić information content (AvgIpc) is 2.68. The van der Waals surface area contributed by atoms with Gasteiger partial charge in [0.1, 0.15) is 0 Å². The molecular formula is C12H15N5. The fraction of sp³-hybridized carbons (Fsp3) is 0.417. The maximum Gasteiger partial charge on any atom is 0.182 e. The number of nitrogens with two attached hydrogens (primary N) is 1. The second-order valence-corrected chi connectivity index (χ2v) is 4.55. The number of aromatic nitrogens is 4. The summed E-state index contributed by atoms with van der Waals surface area (Å²) in [6.07, 6.45) is 3.60. The van der Waals surface area contributed by atoms with E-state index in [0.29, 0.717) is 6.04 Å². The summed E-state index contributed by atoms with van der Waals surface area (Å²) in [5, 5.41) is 12.0. The number of nitrogen functional groups attached to an aromatic ring is 1. The maximum atomic E-state index is 5.92. The Morgan fingerprint density at radius 2 is 2.18 bits per heavy atom. The summed E-state index contributed by atoms with van der Waals surface area (Å²) in [4.78, 5) is 0. The van der Waals surface area contributed by atoms with Crippen molar-refractivity contribution in [2.24, 2.45) is 0 Å². The molecule has 88 valence electrons. The number of benzene rings is 1. The van der Waals surface area contributed by atoms with E-state index < -0.39 is 0 Å². The van der Waals surface area contributed by atoms with Crippen molar-refractivity contribution in [3.8, 4) is 11.4 Å². The molecule has 1 aromatic carbocycles. The van der Waals surface area contributed by atoms with Gasteiger partial charge in [0.05, 0.1) is 6.04 Å². The van der Waals surface area contributed by atoms with Gasteiger partial charge in [0, 0.05) is 11.3 Å². The van der Waals surface area contributed by atoms with Gasteiger partial charge < -0.3 is 5.73 Å². The summed E-state index contributed by atoms with van der Waals surface area (Å²) in [5.74, 6) is 0.833. The molecule has 1 heterocycles. The van der Waals surface area contributed by atoms with Crippen molar-refractivity contribution in [1.29, 1.82) is 0 Å². The number of nitrogens with zero attached hydrogens (tertiary/aromatic N) is 4. The lowest BCUT2D eigenvalue weighted by Gasteiger charge is -2.26. The summed E-state index contributed by atoms with van der Waals surface area (Å²) in [6.45, 7) is 2.00. The van der Waals surface area contributed by atoms with Crippen molar-refractivity contribution in [2.45, 2.75) is 32.2 Å². The molecule has 0 unspecified atom stereocenters. The quantitative estimate of drug-likeness (QED) is 0.799. The van der Waals surface area contributed by atoms with Crippen LogP contribution in [0.1, 0.15) is 30.9 Å². The lowest BCUT2D eigenvalue weighted by molar-refractivity contribution is 0.287. The highest BCUT2D eigenvalue weighted by Gasteiger charge is 2.24. The molecule has 0 atom stereocenters. The molecule has 0 bridgehead atoms. The van der Waals surface area contributed by atoms with Crippen LogP contribution in [0.25, 0.3) is 11.4 Å². The van der Waals surface area contributed by atoms with E-state index in [9.17, 15) is 0 Å². The number of hydrogen-bond acceptors (Lipinski definition) is 4. The molecule has 1 aromatic heterocycles. The van der Waals surface area contributed by atoms with E-state index in [0.717, 1.165) is 22.6 Å². The fourth-order valence-corrected chi connectivity index (χ4v) is 2.14. The molecule has 0 spiro atoms. The van der Waals surface area contributed by atoms with Crippen LogP contribution in [-0.2, 0) is 0 Å². The van der Waals surface area contributed by atoms with Crippen LogP contribution in [0.3, 0.4) is 0 Å². The van der Waals surface area contributed by atoms with Crippen LogP contribution < -0.4 is 5.73 Å². The van der Waals surface area contributed by atoms with Crippen molar-refractivity contribution >= 4 is 5.69 Å².